The Morgan fingerprint density at radius 2 is 1.68 bits per heavy atom. The average Bonchev–Trinajstić information content (AvgIpc) is 2.85. The van der Waals surface area contributed by atoms with Crippen LogP contribution in [0.3, 0.4) is 0 Å². The third kappa shape index (κ3) is 7.44. The van der Waals surface area contributed by atoms with Crippen LogP contribution >= 0.6 is 0 Å². The minimum Gasteiger partial charge on any atom is -0.484 e. The van der Waals surface area contributed by atoms with Crippen LogP contribution in [0.1, 0.15) is 30.0 Å². The maximum Gasteiger partial charge on any atom is 0.261 e. The zero-order valence-electron chi connectivity index (χ0n) is 19.7. The van der Waals surface area contributed by atoms with Crippen molar-refractivity contribution in [2.75, 3.05) is 13.2 Å². The SMILES string of the molecule is CCCNC(=O)[C@H](Cc1ccccc1)N(Cc1cccc(C)c1)C(=O)COc1ccc(F)cc1. The summed E-state index contributed by atoms with van der Waals surface area (Å²) in [5.41, 5.74) is 2.96. The molecule has 0 aliphatic heterocycles. The lowest BCUT2D eigenvalue weighted by Crippen LogP contribution is -2.51. The van der Waals surface area contributed by atoms with Gasteiger partial charge < -0.3 is 15.0 Å². The predicted octanol–water partition coefficient (Wildman–Crippen LogP) is 4.68. The van der Waals surface area contributed by atoms with Gasteiger partial charge in [0.2, 0.25) is 5.91 Å². The van der Waals surface area contributed by atoms with E-state index in [4.69, 9.17) is 4.74 Å². The van der Waals surface area contributed by atoms with Crippen LogP contribution in [0.4, 0.5) is 4.39 Å². The van der Waals surface area contributed by atoms with Gasteiger partial charge in [0.05, 0.1) is 0 Å². The van der Waals surface area contributed by atoms with E-state index in [0.29, 0.717) is 18.7 Å². The summed E-state index contributed by atoms with van der Waals surface area (Å²) in [5, 5.41) is 2.95. The Labute approximate surface area is 200 Å². The molecule has 34 heavy (non-hydrogen) atoms. The summed E-state index contributed by atoms with van der Waals surface area (Å²) in [6.45, 7) is 4.51. The summed E-state index contributed by atoms with van der Waals surface area (Å²) >= 11 is 0. The quantitative estimate of drug-likeness (QED) is 0.450. The lowest BCUT2D eigenvalue weighted by molar-refractivity contribution is -0.142. The van der Waals surface area contributed by atoms with Gasteiger partial charge in [0.15, 0.2) is 6.61 Å². The van der Waals surface area contributed by atoms with Crippen LogP contribution in [-0.4, -0.2) is 35.9 Å². The Morgan fingerprint density at radius 3 is 2.35 bits per heavy atom. The molecular weight excluding hydrogens is 431 g/mol. The van der Waals surface area contributed by atoms with Crippen molar-refractivity contribution < 1.29 is 18.7 Å². The molecule has 0 spiro atoms. The molecule has 3 aromatic carbocycles. The molecule has 0 fully saturated rings. The van der Waals surface area contributed by atoms with Crippen LogP contribution in [0, 0.1) is 12.7 Å². The van der Waals surface area contributed by atoms with Crippen molar-refractivity contribution in [1.29, 1.82) is 0 Å². The number of carbonyl (C=O) groups excluding carboxylic acids is 2. The molecule has 5 nitrogen and oxygen atoms in total. The van der Waals surface area contributed by atoms with E-state index in [1.165, 1.54) is 24.3 Å². The minimum absolute atomic E-state index is 0.200. The van der Waals surface area contributed by atoms with Crippen molar-refractivity contribution in [3.05, 3.63) is 101 Å². The number of amides is 2. The van der Waals surface area contributed by atoms with Gasteiger partial charge in [-0.3, -0.25) is 9.59 Å². The molecule has 178 valence electrons. The van der Waals surface area contributed by atoms with Gasteiger partial charge in [-0.25, -0.2) is 4.39 Å². The number of nitrogens with zero attached hydrogens (tertiary/aromatic N) is 1. The number of benzene rings is 3. The number of ether oxygens (including phenoxy) is 1. The summed E-state index contributed by atoms with van der Waals surface area (Å²) in [7, 11) is 0. The summed E-state index contributed by atoms with van der Waals surface area (Å²) < 4.78 is 18.9. The van der Waals surface area contributed by atoms with Crippen molar-refractivity contribution in [2.45, 2.75) is 39.3 Å². The molecule has 0 aromatic heterocycles. The van der Waals surface area contributed by atoms with Crippen LogP contribution in [0.15, 0.2) is 78.9 Å². The van der Waals surface area contributed by atoms with Gasteiger partial charge in [-0.1, -0.05) is 67.1 Å². The van der Waals surface area contributed by atoms with E-state index < -0.39 is 6.04 Å². The molecule has 3 aromatic rings. The average molecular weight is 463 g/mol. The smallest absolute Gasteiger partial charge is 0.261 e. The number of hydrogen-bond acceptors (Lipinski definition) is 3. The maximum absolute atomic E-state index is 13.4. The number of carbonyl (C=O) groups is 2. The molecule has 0 radical (unpaired) electrons. The van der Waals surface area contributed by atoms with E-state index in [2.05, 4.69) is 5.32 Å². The van der Waals surface area contributed by atoms with E-state index in [1.54, 1.807) is 4.90 Å². The zero-order valence-corrected chi connectivity index (χ0v) is 19.7. The Hall–Kier alpha value is -3.67. The normalized spacial score (nSPS) is 11.5. The molecule has 0 bridgehead atoms. The van der Waals surface area contributed by atoms with E-state index in [-0.39, 0.29) is 30.8 Å². The lowest BCUT2D eigenvalue weighted by Gasteiger charge is -2.31. The largest absolute Gasteiger partial charge is 0.484 e. The molecule has 0 aliphatic carbocycles. The highest BCUT2D eigenvalue weighted by Crippen LogP contribution is 2.17. The Kier molecular flexibility index (Phi) is 9.21. The maximum atomic E-state index is 13.4. The summed E-state index contributed by atoms with van der Waals surface area (Å²) in [4.78, 5) is 28.2. The molecule has 0 unspecified atom stereocenters. The first kappa shape index (κ1) is 25.0. The van der Waals surface area contributed by atoms with Gasteiger partial charge in [0.25, 0.3) is 5.91 Å². The van der Waals surface area contributed by atoms with E-state index in [9.17, 15) is 14.0 Å². The summed E-state index contributed by atoms with van der Waals surface area (Å²) in [5.74, 6) is -0.512. The van der Waals surface area contributed by atoms with Gasteiger partial charge in [-0.15, -0.1) is 0 Å². The Bertz CT molecular complexity index is 1070. The van der Waals surface area contributed by atoms with Gasteiger partial charge in [-0.05, 0) is 48.7 Å². The molecular formula is C28H31FN2O3. The van der Waals surface area contributed by atoms with Crippen LogP contribution in [0.2, 0.25) is 0 Å². The monoisotopic (exact) mass is 462 g/mol. The fourth-order valence-corrected chi connectivity index (χ4v) is 3.69. The first-order valence-corrected chi connectivity index (χ1v) is 11.5. The molecule has 2 amide bonds. The molecule has 0 saturated carbocycles. The summed E-state index contributed by atoms with van der Waals surface area (Å²) in [6, 6.07) is 22.3. The Morgan fingerprint density at radius 1 is 0.971 bits per heavy atom. The fraction of sp³-hybridized carbons (Fsp3) is 0.286. The predicted molar refractivity (Wildman–Crippen MR) is 131 cm³/mol. The topological polar surface area (TPSA) is 58.6 Å². The standard InChI is InChI=1S/C28H31FN2O3/c1-3-16-30-28(33)26(18-22-9-5-4-6-10-22)31(19-23-11-7-8-21(2)17-23)27(32)20-34-25-14-12-24(29)13-15-25/h4-15,17,26H,3,16,18-20H2,1-2H3,(H,30,33)/t26-/m0/s1. The summed E-state index contributed by atoms with van der Waals surface area (Å²) in [6.07, 6.45) is 1.17. The second kappa shape index (κ2) is 12.5. The molecule has 0 aliphatic rings. The molecule has 1 atom stereocenters. The van der Waals surface area contributed by atoms with Gasteiger partial charge in [0, 0.05) is 19.5 Å². The number of halogens is 1. The molecule has 3 rings (SSSR count). The lowest BCUT2D eigenvalue weighted by atomic mass is 10.0. The first-order chi connectivity index (χ1) is 16.5. The van der Waals surface area contributed by atoms with Crippen molar-refractivity contribution in [1.82, 2.24) is 10.2 Å². The second-order valence-corrected chi connectivity index (χ2v) is 8.25. The third-order valence-electron chi connectivity index (χ3n) is 5.43. The van der Waals surface area contributed by atoms with Crippen molar-refractivity contribution in [3.8, 4) is 5.75 Å². The van der Waals surface area contributed by atoms with Crippen LogP contribution < -0.4 is 10.1 Å². The minimum atomic E-state index is -0.709. The molecule has 1 N–H and O–H groups in total. The van der Waals surface area contributed by atoms with Crippen LogP contribution in [0.5, 0.6) is 5.75 Å². The zero-order chi connectivity index (χ0) is 24.3. The van der Waals surface area contributed by atoms with Crippen molar-refractivity contribution >= 4 is 11.8 Å². The van der Waals surface area contributed by atoms with Crippen LogP contribution in [0.25, 0.3) is 0 Å². The van der Waals surface area contributed by atoms with Gasteiger partial charge in [0.1, 0.15) is 17.6 Å². The molecule has 6 heteroatoms. The highest BCUT2D eigenvalue weighted by atomic mass is 19.1. The Balaban J connectivity index is 1.88. The van der Waals surface area contributed by atoms with E-state index >= 15 is 0 Å². The number of rotatable bonds is 11. The molecule has 0 saturated heterocycles. The third-order valence-corrected chi connectivity index (χ3v) is 5.43. The van der Waals surface area contributed by atoms with E-state index in [1.807, 2.05) is 68.4 Å². The number of aryl methyl sites for hydroxylation is 1. The first-order valence-electron chi connectivity index (χ1n) is 11.5. The molecule has 0 heterocycles. The van der Waals surface area contributed by atoms with Gasteiger partial charge in [-0.2, -0.15) is 0 Å². The van der Waals surface area contributed by atoms with Gasteiger partial charge >= 0.3 is 0 Å². The van der Waals surface area contributed by atoms with Crippen molar-refractivity contribution in [2.24, 2.45) is 0 Å². The fourth-order valence-electron chi connectivity index (χ4n) is 3.69. The van der Waals surface area contributed by atoms with E-state index in [0.717, 1.165) is 23.1 Å². The van der Waals surface area contributed by atoms with Crippen molar-refractivity contribution in [3.63, 3.8) is 0 Å². The highest BCUT2D eigenvalue weighted by Gasteiger charge is 2.30. The number of hydrogen-bond donors (Lipinski definition) is 1. The highest BCUT2D eigenvalue weighted by molar-refractivity contribution is 5.88. The second-order valence-electron chi connectivity index (χ2n) is 8.25. The number of nitrogens with one attached hydrogen (secondary N) is 1. The van der Waals surface area contributed by atoms with Crippen LogP contribution in [-0.2, 0) is 22.6 Å².